The molecule has 0 saturated carbocycles. The van der Waals surface area contributed by atoms with Crippen LogP contribution in [0.25, 0.3) is 5.69 Å². The lowest BCUT2D eigenvalue weighted by Gasteiger charge is -2.24. The number of guanidine groups is 1. The normalized spacial score (nSPS) is 17.3. The molecule has 3 rings (SSSR count). The molecule has 1 aromatic carbocycles. The van der Waals surface area contributed by atoms with E-state index in [1.807, 2.05) is 19.3 Å². The Kier molecular flexibility index (Phi) is 7.63. The summed E-state index contributed by atoms with van der Waals surface area (Å²) in [6.07, 6.45) is 3.94. The van der Waals surface area contributed by atoms with Crippen molar-refractivity contribution in [3.63, 3.8) is 0 Å². The topological polar surface area (TPSA) is 48.7 Å². The monoisotopic (exact) mass is 400 g/mol. The fourth-order valence-corrected chi connectivity index (χ4v) is 3.89. The number of hydrogen-bond donors (Lipinski definition) is 1. The number of nitrogens with zero attached hydrogens (tertiary/aromatic N) is 5. The summed E-state index contributed by atoms with van der Waals surface area (Å²) in [4.78, 5) is 9.34. The van der Waals surface area contributed by atoms with Crippen molar-refractivity contribution in [2.75, 3.05) is 46.3 Å². The SMILES string of the molecule is CCN(CC)CC1CCN(C(=NC)NCCc2ccn(-c3ccc(F)cc3)n2)C1. The first-order chi connectivity index (χ1) is 14.1. The predicted octanol–water partition coefficient (Wildman–Crippen LogP) is 2.79. The lowest BCUT2D eigenvalue weighted by Crippen LogP contribution is -2.41. The summed E-state index contributed by atoms with van der Waals surface area (Å²) in [5.41, 5.74) is 1.86. The van der Waals surface area contributed by atoms with Gasteiger partial charge in [0.15, 0.2) is 5.96 Å². The van der Waals surface area contributed by atoms with Gasteiger partial charge in [0.2, 0.25) is 0 Å². The average molecular weight is 401 g/mol. The average Bonchev–Trinajstić information content (AvgIpc) is 3.40. The van der Waals surface area contributed by atoms with Gasteiger partial charge in [-0.15, -0.1) is 0 Å². The molecule has 6 nitrogen and oxygen atoms in total. The number of nitrogens with one attached hydrogen (secondary N) is 1. The second kappa shape index (κ2) is 10.4. The maximum Gasteiger partial charge on any atom is 0.193 e. The van der Waals surface area contributed by atoms with Crippen LogP contribution in [0.3, 0.4) is 0 Å². The lowest BCUT2D eigenvalue weighted by atomic mass is 10.1. The minimum atomic E-state index is -0.238. The molecule has 1 atom stereocenters. The molecule has 0 aliphatic carbocycles. The van der Waals surface area contributed by atoms with Gasteiger partial charge in [0.05, 0.1) is 11.4 Å². The molecule has 1 aliphatic rings. The van der Waals surface area contributed by atoms with Crippen LogP contribution in [0.4, 0.5) is 4.39 Å². The van der Waals surface area contributed by atoms with E-state index in [-0.39, 0.29) is 5.82 Å². The molecule has 0 spiro atoms. The molecule has 1 saturated heterocycles. The van der Waals surface area contributed by atoms with Crippen LogP contribution >= 0.6 is 0 Å². The van der Waals surface area contributed by atoms with Gasteiger partial charge >= 0.3 is 0 Å². The van der Waals surface area contributed by atoms with Gasteiger partial charge in [-0.05, 0) is 55.8 Å². The van der Waals surface area contributed by atoms with E-state index < -0.39 is 0 Å². The molecular weight excluding hydrogens is 367 g/mol. The van der Waals surface area contributed by atoms with E-state index in [2.05, 4.69) is 39.1 Å². The molecule has 0 radical (unpaired) electrons. The van der Waals surface area contributed by atoms with Crippen LogP contribution < -0.4 is 5.32 Å². The molecule has 0 bridgehead atoms. The molecule has 1 aliphatic heterocycles. The third-order valence-electron chi connectivity index (χ3n) is 5.61. The Bertz CT molecular complexity index is 781. The van der Waals surface area contributed by atoms with E-state index in [4.69, 9.17) is 0 Å². The van der Waals surface area contributed by atoms with E-state index >= 15 is 0 Å². The predicted molar refractivity (Wildman–Crippen MR) is 116 cm³/mol. The fourth-order valence-electron chi connectivity index (χ4n) is 3.89. The number of halogens is 1. The van der Waals surface area contributed by atoms with Gasteiger partial charge in [0.25, 0.3) is 0 Å². The van der Waals surface area contributed by atoms with Crippen molar-refractivity contribution in [1.29, 1.82) is 0 Å². The molecule has 1 fully saturated rings. The van der Waals surface area contributed by atoms with Gasteiger partial charge in [0, 0.05) is 45.8 Å². The van der Waals surface area contributed by atoms with Gasteiger partial charge < -0.3 is 15.1 Å². The summed E-state index contributed by atoms with van der Waals surface area (Å²) < 4.78 is 14.9. The molecule has 1 aromatic heterocycles. The Balaban J connectivity index is 1.46. The van der Waals surface area contributed by atoms with Crippen LogP contribution in [-0.2, 0) is 6.42 Å². The van der Waals surface area contributed by atoms with Crippen molar-refractivity contribution in [1.82, 2.24) is 24.9 Å². The zero-order valence-corrected chi connectivity index (χ0v) is 17.8. The van der Waals surface area contributed by atoms with Crippen LogP contribution in [-0.4, -0.2) is 71.9 Å². The molecule has 29 heavy (non-hydrogen) atoms. The van der Waals surface area contributed by atoms with Crippen molar-refractivity contribution in [2.45, 2.75) is 26.7 Å². The molecule has 0 amide bonds. The van der Waals surface area contributed by atoms with Crippen molar-refractivity contribution in [3.8, 4) is 5.69 Å². The minimum Gasteiger partial charge on any atom is -0.356 e. The van der Waals surface area contributed by atoms with E-state index in [1.54, 1.807) is 16.8 Å². The van der Waals surface area contributed by atoms with E-state index in [0.717, 1.165) is 56.5 Å². The highest BCUT2D eigenvalue weighted by Crippen LogP contribution is 2.17. The fraction of sp³-hybridized carbons (Fsp3) is 0.545. The minimum absolute atomic E-state index is 0.238. The zero-order chi connectivity index (χ0) is 20.6. The van der Waals surface area contributed by atoms with E-state index in [0.29, 0.717) is 5.92 Å². The van der Waals surface area contributed by atoms with Crippen molar-refractivity contribution in [3.05, 3.63) is 48.0 Å². The highest BCUT2D eigenvalue weighted by atomic mass is 19.1. The summed E-state index contributed by atoms with van der Waals surface area (Å²) in [6.45, 7) is 10.8. The van der Waals surface area contributed by atoms with Crippen molar-refractivity contribution >= 4 is 5.96 Å². The third-order valence-corrected chi connectivity index (χ3v) is 5.61. The molecule has 2 aromatic rings. The molecule has 1 unspecified atom stereocenters. The molecular formula is C22H33FN6. The molecule has 7 heteroatoms. The van der Waals surface area contributed by atoms with Gasteiger partial charge in [-0.1, -0.05) is 13.8 Å². The number of hydrogen-bond acceptors (Lipinski definition) is 3. The van der Waals surface area contributed by atoms with Gasteiger partial charge in [-0.3, -0.25) is 4.99 Å². The Labute approximate surface area is 173 Å². The first kappa shape index (κ1) is 21.3. The second-order valence-corrected chi connectivity index (χ2v) is 7.54. The van der Waals surface area contributed by atoms with Crippen LogP contribution in [0.15, 0.2) is 41.5 Å². The smallest absolute Gasteiger partial charge is 0.193 e. The Morgan fingerprint density at radius 2 is 2.00 bits per heavy atom. The molecule has 2 heterocycles. The largest absolute Gasteiger partial charge is 0.356 e. The second-order valence-electron chi connectivity index (χ2n) is 7.54. The van der Waals surface area contributed by atoms with Crippen LogP contribution in [0.1, 0.15) is 26.0 Å². The lowest BCUT2D eigenvalue weighted by molar-refractivity contribution is 0.255. The Morgan fingerprint density at radius 3 is 2.69 bits per heavy atom. The summed E-state index contributed by atoms with van der Waals surface area (Å²) in [5, 5.41) is 8.07. The quantitative estimate of drug-likeness (QED) is 0.547. The van der Waals surface area contributed by atoms with Crippen molar-refractivity contribution < 1.29 is 4.39 Å². The Hall–Kier alpha value is -2.41. The van der Waals surface area contributed by atoms with Crippen LogP contribution in [0, 0.1) is 11.7 Å². The van der Waals surface area contributed by atoms with Crippen molar-refractivity contribution in [2.24, 2.45) is 10.9 Å². The summed E-state index contributed by atoms with van der Waals surface area (Å²) in [7, 11) is 1.85. The molecule has 1 N–H and O–H groups in total. The number of aromatic nitrogens is 2. The number of aliphatic imine (C=N–C) groups is 1. The number of benzene rings is 1. The zero-order valence-electron chi connectivity index (χ0n) is 17.8. The van der Waals surface area contributed by atoms with Gasteiger partial charge in [-0.25, -0.2) is 9.07 Å². The molecule has 158 valence electrons. The van der Waals surface area contributed by atoms with Crippen LogP contribution in [0.5, 0.6) is 0 Å². The standard InChI is InChI=1S/C22H33FN6/c1-4-27(5-2)16-18-11-14-28(17-18)22(24-3)25-13-10-20-12-15-29(26-20)21-8-6-19(23)7-9-21/h6-9,12,15,18H,4-5,10-11,13-14,16-17H2,1-3H3,(H,24,25). The number of rotatable bonds is 8. The summed E-state index contributed by atoms with van der Waals surface area (Å²) in [6, 6.07) is 8.36. The first-order valence-corrected chi connectivity index (χ1v) is 10.6. The Morgan fingerprint density at radius 1 is 1.24 bits per heavy atom. The summed E-state index contributed by atoms with van der Waals surface area (Å²) >= 11 is 0. The summed E-state index contributed by atoms with van der Waals surface area (Å²) in [5.74, 6) is 1.45. The van der Waals surface area contributed by atoms with Crippen LogP contribution in [0.2, 0.25) is 0 Å². The van der Waals surface area contributed by atoms with E-state index in [9.17, 15) is 4.39 Å². The highest BCUT2D eigenvalue weighted by Gasteiger charge is 2.25. The maximum absolute atomic E-state index is 13.1. The maximum atomic E-state index is 13.1. The van der Waals surface area contributed by atoms with E-state index in [1.165, 1.54) is 25.1 Å². The first-order valence-electron chi connectivity index (χ1n) is 10.6. The highest BCUT2D eigenvalue weighted by molar-refractivity contribution is 5.80. The van der Waals surface area contributed by atoms with Gasteiger partial charge in [-0.2, -0.15) is 5.10 Å². The third kappa shape index (κ3) is 5.79. The van der Waals surface area contributed by atoms with Gasteiger partial charge in [0.1, 0.15) is 5.82 Å². The number of likely N-dealkylation sites (tertiary alicyclic amines) is 1.